The lowest BCUT2D eigenvalue weighted by Crippen LogP contribution is -2.35. The SMILES string of the molecule is CCOC(=O)CC(C)SCC(C)(C)N. The number of hydrogen-bond donors (Lipinski definition) is 1. The molecule has 0 aliphatic carbocycles. The highest BCUT2D eigenvalue weighted by atomic mass is 32.2. The van der Waals surface area contributed by atoms with Gasteiger partial charge in [0, 0.05) is 16.5 Å². The van der Waals surface area contributed by atoms with Crippen molar-refractivity contribution in [2.24, 2.45) is 5.73 Å². The van der Waals surface area contributed by atoms with Crippen molar-refractivity contribution in [2.45, 2.75) is 44.9 Å². The van der Waals surface area contributed by atoms with Crippen molar-refractivity contribution in [3.8, 4) is 0 Å². The van der Waals surface area contributed by atoms with Crippen LogP contribution in [-0.2, 0) is 9.53 Å². The maximum atomic E-state index is 11.1. The average Bonchev–Trinajstić information content (AvgIpc) is 2.00. The zero-order valence-electron chi connectivity index (χ0n) is 9.50. The van der Waals surface area contributed by atoms with Crippen LogP contribution < -0.4 is 5.73 Å². The molecular weight excluding hydrogens is 198 g/mol. The van der Waals surface area contributed by atoms with Gasteiger partial charge in [-0.2, -0.15) is 11.8 Å². The molecule has 3 nitrogen and oxygen atoms in total. The second kappa shape index (κ2) is 6.30. The van der Waals surface area contributed by atoms with Gasteiger partial charge in [0.25, 0.3) is 0 Å². The molecule has 0 radical (unpaired) electrons. The van der Waals surface area contributed by atoms with E-state index in [2.05, 4.69) is 0 Å². The molecule has 4 heteroatoms. The highest BCUT2D eigenvalue weighted by molar-refractivity contribution is 7.99. The van der Waals surface area contributed by atoms with Gasteiger partial charge in [-0.25, -0.2) is 0 Å². The third-order valence-corrected chi connectivity index (χ3v) is 3.15. The fourth-order valence-corrected chi connectivity index (χ4v) is 1.84. The van der Waals surface area contributed by atoms with E-state index in [4.69, 9.17) is 10.5 Å². The summed E-state index contributed by atoms with van der Waals surface area (Å²) in [7, 11) is 0. The maximum absolute atomic E-state index is 11.1. The molecule has 0 aromatic heterocycles. The standard InChI is InChI=1S/C10H21NO2S/c1-5-13-9(12)6-8(2)14-7-10(3,4)11/h8H,5-7,11H2,1-4H3. The van der Waals surface area contributed by atoms with Crippen molar-refractivity contribution < 1.29 is 9.53 Å². The topological polar surface area (TPSA) is 52.3 Å². The largest absolute Gasteiger partial charge is 0.466 e. The molecule has 0 saturated carbocycles. The number of hydrogen-bond acceptors (Lipinski definition) is 4. The molecular formula is C10H21NO2S. The summed E-state index contributed by atoms with van der Waals surface area (Å²) < 4.78 is 4.86. The molecule has 84 valence electrons. The van der Waals surface area contributed by atoms with Gasteiger partial charge in [-0.1, -0.05) is 6.92 Å². The smallest absolute Gasteiger partial charge is 0.306 e. The minimum Gasteiger partial charge on any atom is -0.466 e. The molecule has 2 N–H and O–H groups in total. The minimum atomic E-state index is -0.173. The lowest BCUT2D eigenvalue weighted by molar-refractivity contribution is -0.142. The molecule has 0 aliphatic rings. The van der Waals surface area contributed by atoms with Crippen LogP contribution in [-0.4, -0.2) is 29.1 Å². The van der Waals surface area contributed by atoms with Crippen molar-refractivity contribution in [3.63, 3.8) is 0 Å². The van der Waals surface area contributed by atoms with E-state index in [-0.39, 0.29) is 16.8 Å². The van der Waals surface area contributed by atoms with Gasteiger partial charge in [-0.3, -0.25) is 4.79 Å². The first-order valence-corrected chi connectivity index (χ1v) is 5.96. The Balaban J connectivity index is 3.65. The monoisotopic (exact) mass is 219 g/mol. The lowest BCUT2D eigenvalue weighted by atomic mass is 10.1. The zero-order valence-corrected chi connectivity index (χ0v) is 10.3. The van der Waals surface area contributed by atoms with Gasteiger partial charge in [0.05, 0.1) is 13.0 Å². The molecule has 0 fully saturated rings. The Morgan fingerprint density at radius 3 is 2.57 bits per heavy atom. The number of nitrogens with two attached hydrogens (primary N) is 1. The summed E-state index contributed by atoms with van der Waals surface area (Å²) in [5, 5.41) is 0.275. The van der Waals surface area contributed by atoms with Crippen molar-refractivity contribution in [1.29, 1.82) is 0 Å². The molecule has 0 rings (SSSR count). The van der Waals surface area contributed by atoms with Crippen LogP contribution in [0.25, 0.3) is 0 Å². The van der Waals surface area contributed by atoms with Gasteiger partial charge in [-0.05, 0) is 20.8 Å². The van der Waals surface area contributed by atoms with Crippen molar-refractivity contribution in [3.05, 3.63) is 0 Å². The Bertz CT molecular complexity index is 177. The fourth-order valence-electron chi connectivity index (χ4n) is 0.871. The van der Waals surface area contributed by atoms with E-state index in [9.17, 15) is 4.79 Å². The van der Waals surface area contributed by atoms with Crippen LogP contribution in [0.4, 0.5) is 0 Å². The lowest BCUT2D eigenvalue weighted by Gasteiger charge is -2.20. The molecule has 0 aromatic carbocycles. The Morgan fingerprint density at radius 1 is 1.57 bits per heavy atom. The molecule has 0 saturated heterocycles. The zero-order chi connectivity index (χ0) is 11.2. The van der Waals surface area contributed by atoms with E-state index in [1.807, 2.05) is 27.7 Å². The summed E-state index contributed by atoms with van der Waals surface area (Å²) in [6, 6.07) is 0. The van der Waals surface area contributed by atoms with Crippen LogP contribution in [0, 0.1) is 0 Å². The van der Waals surface area contributed by atoms with E-state index in [1.54, 1.807) is 11.8 Å². The molecule has 1 unspecified atom stereocenters. The minimum absolute atomic E-state index is 0.123. The first-order valence-electron chi connectivity index (χ1n) is 4.91. The van der Waals surface area contributed by atoms with Gasteiger partial charge in [0.1, 0.15) is 0 Å². The van der Waals surface area contributed by atoms with Gasteiger partial charge < -0.3 is 10.5 Å². The van der Waals surface area contributed by atoms with Crippen LogP contribution >= 0.6 is 11.8 Å². The number of carbonyl (C=O) groups is 1. The van der Waals surface area contributed by atoms with E-state index < -0.39 is 0 Å². The highest BCUT2D eigenvalue weighted by Crippen LogP contribution is 2.18. The first-order chi connectivity index (χ1) is 6.35. The summed E-state index contributed by atoms with van der Waals surface area (Å²) >= 11 is 1.71. The highest BCUT2D eigenvalue weighted by Gasteiger charge is 2.15. The van der Waals surface area contributed by atoms with Crippen molar-refractivity contribution in [1.82, 2.24) is 0 Å². The Morgan fingerprint density at radius 2 is 2.14 bits per heavy atom. The predicted octanol–water partition coefficient (Wildman–Crippen LogP) is 1.80. The summed E-state index contributed by atoms with van der Waals surface area (Å²) in [5.74, 6) is 0.732. The molecule has 14 heavy (non-hydrogen) atoms. The van der Waals surface area contributed by atoms with Crippen molar-refractivity contribution in [2.75, 3.05) is 12.4 Å². The number of ether oxygens (including phenoxy) is 1. The third-order valence-electron chi connectivity index (χ3n) is 1.50. The molecule has 1 atom stereocenters. The number of esters is 1. The van der Waals surface area contributed by atoms with Gasteiger partial charge >= 0.3 is 5.97 Å². The Hall–Kier alpha value is -0.220. The van der Waals surface area contributed by atoms with E-state index in [0.29, 0.717) is 13.0 Å². The van der Waals surface area contributed by atoms with Gasteiger partial charge in [0.15, 0.2) is 0 Å². The van der Waals surface area contributed by atoms with Crippen molar-refractivity contribution >= 4 is 17.7 Å². The summed E-state index contributed by atoms with van der Waals surface area (Å²) in [6.07, 6.45) is 0.467. The van der Waals surface area contributed by atoms with E-state index in [0.717, 1.165) is 5.75 Å². The molecule has 0 aliphatic heterocycles. The molecule has 0 aromatic rings. The van der Waals surface area contributed by atoms with Crippen LogP contribution in [0.15, 0.2) is 0 Å². The molecule has 0 heterocycles. The van der Waals surface area contributed by atoms with E-state index in [1.165, 1.54) is 0 Å². The number of thioether (sulfide) groups is 1. The van der Waals surface area contributed by atoms with E-state index >= 15 is 0 Å². The molecule has 0 spiro atoms. The first kappa shape index (κ1) is 13.8. The molecule has 0 bridgehead atoms. The summed E-state index contributed by atoms with van der Waals surface area (Å²) in [6.45, 7) is 8.26. The normalized spacial score (nSPS) is 13.8. The molecule has 0 amide bonds. The third kappa shape index (κ3) is 8.38. The summed E-state index contributed by atoms with van der Waals surface area (Å²) in [5.41, 5.74) is 5.66. The quantitative estimate of drug-likeness (QED) is 0.692. The van der Waals surface area contributed by atoms with Crippen LogP contribution in [0.3, 0.4) is 0 Å². The average molecular weight is 219 g/mol. The maximum Gasteiger partial charge on any atom is 0.306 e. The number of rotatable bonds is 6. The van der Waals surface area contributed by atoms with Crippen LogP contribution in [0.2, 0.25) is 0 Å². The van der Waals surface area contributed by atoms with Gasteiger partial charge in [-0.15, -0.1) is 0 Å². The fraction of sp³-hybridized carbons (Fsp3) is 0.900. The van der Waals surface area contributed by atoms with Crippen LogP contribution in [0.1, 0.15) is 34.1 Å². The Kier molecular flexibility index (Phi) is 6.20. The second-order valence-corrected chi connectivity index (χ2v) is 5.55. The number of carbonyl (C=O) groups excluding carboxylic acids is 1. The second-order valence-electron chi connectivity index (χ2n) is 4.12. The van der Waals surface area contributed by atoms with Crippen LogP contribution in [0.5, 0.6) is 0 Å². The van der Waals surface area contributed by atoms with Gasteiger partial charge in [0.2, 0.25) is 0 Å². The predicted molar refractivity (Wildman–Crippen MR) is 61.4 cm³/mol. The Labute approximate surface area is 90.8 Å². The summed E-state index contributed by atoms with van der Waals surface area (Å²) in [4.78, 5) is 11.1.